The van der Waals surface area contributed by atoms with Gasteiger partial charge in [-0.15, -0.1) is 0 Å². The molecule has 0 unspecified atom stereocenters. The summed E-state index contributed by atoms with van der Waals surface area (Å²) in [6, 6.07) is 0. The molecule has 3 N–H and O–H groups in total. The van der Waals surface area contributed by atoms with Gasteiger partial charge in [-0.1, -0.05) is 45.9 Å². The Morgan fingerprint density at radius 2 is 2.03 bits per heavy atom. The molecular formula is C24H38O6. The molecule has 0 aromatic carbocycles. The van der Waals surface area contributed by atoms with Gasteiger partial charge in [0.05, 0.1) is 24.5 Å². The fourth-order valence-corrected chi connectivity index (χ4v) is 5.27. The Labute approximate surface area is 180 Å². The van der Waals surface area contributed by atoms with Crippen molar-refractivity contribution >= 4 is 5.97 Å². The Hall–Kier alpha value is -1.21. The Kier molecular flexibility index (Phi) is 7.44. The Morgan fingerprint density at radius 1 is 1.30 bits per heavy atom. The molecular weight excluding hydrogens is 384 g/mol. The monoisotopic (exact) mass is 422 g/mol. The average Bonchev–Trinajstić information content (AvgIpc) is 2.65. The van der Waals surface area contributed by atoms with E-state index in [0.717, 1.165) is 19.3 Å². The van der Waals surface area contributed by atoms with Crippen LogP contribution in [0, 0.1) is 29.6 Å². The number of rotatable bonds is 6. The molecule has 1 saturated heterocycles. The number of aliphatic hydroxyl groups excluding tert-OH is 1. The molecule has 1 fully saturated rings. The van der Waals surface area contributed by atoms with Gasteiger partial charge in [0, 0.05) is 12.3 Å². The standard InChI is InChI=1S/C24H38O6/c1-5-15(3)23(26)29-21-11-14(2)10-17-7-6-16(4)20(22(17)21)9-8-19-12-18(25)13-24(27,28)30-19/h6-7,10,14-16,18-22,25,27-28H,5,8-9,11-13H2,1-4H3/t14-,15-,16-,18+,19-,20-,21-,22-/m0/s1. The minimum absolute atomic E-state index is 0.107. The molecule has 0 aromatic rings. The Morgan fingerprint density at radius 3 is 2.70 bits per heavy atom. The highest BCUT2D eigenvalue weighted by Gasteiger charge is 2.43. The van der Waals surface area contributed by atoms with Gasteiger partial charge in [-0.25, -0.2) is 0 Å². The van der Waals surface area contributed by atoms with Crippen molar-refractivity contribution in [1.82, 2.24) is 0 Å². The van der Waals surface area contributed by atoms with Crippen LogP contribution in [-0.2, 0) is 14.3 Å². The number of fused-ring (bicyclic) bond motifs is 1. The summed E-state index contributed by atoms with van der Waals surface area (Å²) >= 11 is 0. The van der Waals surface area contributed by atoms with Crippen LogP contribution in [0.4, 0.5) is 0 Å². The van der Waals surface area contributed by atoms with Crippen molar-refractivity contribution in [2.24, 2.45) is 29.6 Å². The first-order valence-corrected chi connectivity index (χ1v) is 11.5. The highest BCUT2D eigenvalue weighted by Crippen LogP contribution is 2.45. The second kappa shape index (κ2) is 9.51. The van der Waals surface area contributed by atoms with Crippen molar-refractivity contribution in [3.05, 3.63) is 23.8 Å². The van der Waals surface area contributed by atoms with Gasteiger partial charge in [0.2, 0.25) is 0 Å². The van der Waals surface area contributed by atoms with Crippen molar-refractivity contribution in [2.75, 3.05) is 0 Å². The maximum Gasteiger partial charge on any atom is 0.308 e. The second-order valence-corrected chi connectivity index (χ2v) is 9.73. The number of ether oxygens (including phenoxy) is 2. The van der Waals surface area contributed by atoms with E-state index in [4.69, 9.17) is 9.47 Å². The fraction of sp³-hybridized carbons (Fsp3) is 0.792. The molecule has 0 radical (unpaired) electrons. The normalized spacial score (nSPS) is 39.0. The van der Waals surface area contributed by atoms with Crippen LogP contribution in [-0.4, -0.2) is 45.6 Å². The third kappa shape index (κ3) is 5.52. The number of allylic oxidation sites excluding steroid dienone is 3. The average molecular weight is 423 g/mol. The number of hydrogen-bond acceptors (Lipinski definition) is 6. The number of esters is 1. The van der Waals surface area contributed by atoms with Crippen LogP contribution in [0.25, 0.3) is 0 Å². The molecule has 0 aromatic heterocycles. The molecule has 1 heterocycles. The highest BCUT2D eigenvalue weighted by atomic mass is 16.8. The summed E-state index contributed by atoms with van der Waals surface area (Å²) in [6.07, 6.45) is 8.58. The first-order valence-electron chi connectivity index (χ1n) is 11.5. The van der Waals surface area contributed by atoms with Gasteiger partial charge in [0.15, 0.2) is 0 Å². The summed E-state index contributed by atoms with van der Waals surface area (Å²) in [6.45, 7) is 8.25. The van der Waals surface area contributed by atoms with E-state index in [1.807, 2.05) is 13.8 Å². The van der Waals surface area contributed by atoms with E-state index in [1.54, 1.807) is 0 Å². The lowest BCUT2D eigenvalue weighted by Crippen LogP contribution is -2.46. The fourth-order valence-electron chi connectivity index (χ4n) is 5.27. The van der Waals surface area contributed by atoms with Gasteiger partial charge in [0.25, 0.3) is 5.97 Å². The molecule has 6 nitrogen and oxygen atoms in total. The van der Waals surface area contributed by atoms with Crippen molar-refractivity contribution in [1.29, 1.82) is 0 Å². The van der Waals surface area contributed by atoms with Crippen molar-refractivity contribution in [2.45, 2.75) is 90.5 Å². The van der Waals surface area contributed by atoms with Crippen LogP contribution < -0.4 is 0 Å². The van der Waals surface area contributed by atoms with E-state index in [1.165, 1.54) is 5.57 Å². The maximum atomic E-state index is 12.6. The topological polar surface area (TPSA) is 96.2 Å². The smallest absolute Gasteiger partial charge is 0.308 e. The van der Waals surface area contributed by atoms with Crippen LogP contribution in [0.1, 0.15) is 66.2 Å². The number of hydrogen-bond donors (Lipinski definition) is 3. The molecule has 2 aliphatic carbocycles. The zero-order valence-corrected chi connectivity index (χ0v) is 18.7. The lowest BCUT2D eigenvalue weighted by molar-refractivity contribution is -0.382. The van der Waals surface area contributed by atoms with Gasteiger partial charge in [-0.2, -0.15) is 0 Å². The maximum absolute atomic E-state index is 12.6. The summed E-state index contributed by atoms with van der Waals surface area (Å²) < 4.78 is 11.4. The van der Waals surface area contributed by atoms with E-state index < -0.39 is 18.2 Å². The minimum Gasteiger partial charge on any atom is -0.461 e. The quantitative estimate of drug-likeness (QED) is 0.449. The number of aliphatic hydroxyl groups is 3. The van der Waals surface area contributed by atoms with Gasteiger partial charge < -0.3 is 24.8 Å². The predicted octanol–water partition coefficient (Wildman–Crippen LogP) is 3.31. The third-order valence-corrected chi connectivity index (χ3v) is 7.09. The van der Waals surface area contributed by atoms with Gasteiger partial charge >= 0.3 is 5.97 Å². The van der Waals surface area contributed by atoms with Crippen LogP contribution in [0.15, 0.2) is 23.8 Å². The zero-order chi connectivity index (χ0) is 22.1. The zero-order valence-electron chi connectivity index (χ0n) is 18.7. The van der Waals surface area contributed by atoms with Gasteiger partial charge in [-0.3, -0.25) is 4.79 Å². The van der Waals surface area contributed by atoms with Crippen LogP contribution in [0.5, 0.6) is 0 Å². The molecule has 1 aliphatic heterocycles. The van der Waals surface area contributed by atoms with Crippen molar-refractivity contribution in [3.63, 3.8) is 0 Å². The van der Waals surface area contributed by atoms with E-state index in [-0.39, 0.29) is 36.2 Å². The predicted molar refractivity (Wildman–Crippen MR) is 113 cm³/mol. The minimum atomic E-state index is -2.26. The van der Waals surface area contributed by atoms with E-state index in [9.17, 15) is 20.1 Å². The lowest BCUT2D eigenvalue weighted by Gasteiger charge is -2.44. The summed E-state index contributed by atoms with van der Waals surface area (Å²) in [4.78, 5) is 12.6. The molecule has 0 saturated carbocycles. The van der Waals surface area contributed by atoms with Crippen molar-refractivity contribution < 1.29 is 29.6 Å². The molecule has 8 atom stereocenters. The molecule has 6 heteroatoms. The molecule has 0 amide bonds. The SMILES string of the molecule is CC[C@H](C)C(=O)O[C@H]1C[C@@H](C)C=C2C=C[C@H](C)[C@H](CC[C@H]3C[C@@H](O)CC(O)(O)O3)[C@H]21. The summed E-state index contributed by atoms with van der Waals surface area (Å²) in [7, 11) is 0. The van der Waals surface area contributed by atoms with E-state index in [2.05, 4.69) is 32.1 Å². The number of carbonyl (C=O) groups is 1. The first-order chi connectivity index (χ1) is 14.1. The molecule has 3 rings (SSSR count). The largest absolute Gasteiger partial charge is 0.461 e. The van der Waals surface area contributed by atoms with E-state index in [0.29, 0.717) is 24.7 Å². The van der Waals surface area contributed by atoms with Gasteiger partial charge in [-0.05, 0) is 49.0 Å². The van der Waals surface area contributed by atoms with Crippen LogP contribution in [0.2, 0.25) is 0 Å². The molecule has 0 bridgehead atoms. The van der Waals surface area contributed by atoms with Gasteiger partial charge in [0.1, 0.15) is 6.10 Å². The Balaban J connectivity index is 1.74. The number of carbonyl (C=O) groups excluding carboxylic acids is 1. The van der Waals surface area contributed by atoms with Crippen molar-refractivity contribution in [3.8, 4) is 0 Å². The first kappa shape index (κ1) is 23.5. The summed E-state index contributed by atoms with van der Waals surface area (Å²) in [5.74, 6) is -1.43. The van der Waals surface area contributed by atoms with Crippen LogP contribution >= 0.6 is 0 Å². The molecule has 170 valence electrons. The second-order valence-electron chi connectivity index (χ2n) is 9.73. The lowest BCUT2D eigenvalue weighted by atomic mass is 9.65. The molecule has 0 spiro atoms. The van der Waals surface area contributed by atoms with E-state index >= 15 is 0 Å². The summed E-state index contributed by atoms with van der Waals surface area (Å²) in [5, 5.41) is 29.6. The third-order valence-electron chi connectivity index (χ3n) is 7.09. The molecule has 3 aliphatic rings. The van der Waals surface area contributed by atoms with Crippen LogP contribution in [0.3, 0.4) is 0 Å². The summed E-state index contributed by atoms with van der Waals surface area (Å²) in [5.41, 5.74) is 1.24. The Bertz CT molecular complexity index is 669. The molecule has 30 heavy (non-hydrogen) atoms. The highest BCUT2D eigenvalue weighted by molar-refractivity contribution is 5.72.